The third kappa shape index (κ3) is 4.03. The largest absolute Gasteiger partial charge is 0.315 e. The van der Waals surface area contributed by atoms with Gasteiger partial charge in [-0.15, -0.1) is 0 Å². The molecule has 0 radical (unpaired) electrons. The van der Waals surface area contributed by atoms with Crippen LogP contribution in [0.5, 0.6) is 0 Å². The quantitative estimate of drug-likeness (QED) is 0.732. The molecule has 2 atom stereocenters. The Kier molecular flexibility index (Phi) is 3.92. The third-order valence-corrected chi connectivity index (χ3v) is 3.37. The van der Waals surface area contributed by atoms with Crippen LogP contribution in [0.2, 0.25) is 0 Å². The van der Waals surface area contributed by atoms with Crippen LogP contribution in [0.15, 0.2) is 0 Å². The minimum atomic E-state index is -2.23. The Labute approximate surface area is 89.8 Å². The Balaban J connectivity index is 1.66. The van der Waals surface area contributed by atoms with E-state index in [2.05, 4.69) is 10.6 Å². The molecule has 0 spiro atoms. The van der Waals surface area contributed by atoms with E-state index < -0.39 is 6.43 Å². The molecule has 1 aliphatic carbocycles. The second-order valence-electron chi connectivity index (χ2n) is 4.94. The van der Waals surface area contributed by atoms with Crippen LogP contribution in [0.4, 0.5) is 8.78 Å². The summed E-state index contributed by atoms with van der Waals surface area (Å²) >= 11 is 0. The van der Waals surface area contributed by atoms with E-state index >= 15 is 0 Å². The number of piperidine rings is 1. The molecule has 0 amide bonds. The molecular weight excluding hydrogens is 198 g/mol. The van der Waals surface area contributed by atoms with Gasteiger partial charge in [0.05, 0.1) is 6.54 Å². The number of alkyl halides is 2. The maximum absolute atomic E-state index is 12.0. The van der Waals surface area contributed by atoms with Gasteiger partial charge in [-0.05, 0) is 31.2 Å². The summed E-state index contributed by atoms with van der Waals surface area (Å²) in [6, 6.07) is 0.247. The molecular formula is C11H20F2N2. The van der Waals surface area contributed by atoms with Crippen LogP contribution in [0, 0.1) is 11.8 Å². The van der Waals surface area contributed by atoms with Crippen molar-refractivity contribution >= 4 is 0 Å². The first-order chi connectivity index (χ1) is 7.24. The highest BCUT2D eigenvalue weighted by Gasteiger charge is 2.29. The van der Waals surface area contributed by atoms with Crippen LogP contribution >= 0.6 is 0 Å². The molecule has 4 heteroatoms. The first kappa shape index (κ1) is 11.3. The number of hydrogen-bond acceptors (Lipinski definition) is 2. The van der Waals surface area contributed by atoms with E-state index in [-0.39, 0.29) is 12.6 Å². The van der Waals surface area contributed by atoms with E-state index in [9.17, 15) is 8.78 Å². The summed E-state index contributed by atoms with van der Waals surface area (Å²) < 4.78 is 24.0. The summed E-state index contributed by atoms with van der Waals surface area (Å²) in [6.45, 7) is 1.75. The van der Waals surface area contributed by atoms with E-state index in [0.29, 0.717) is 5.92 Å². The van der Waals surface area contributed by atoms with Gasteiger partial charge in [0.2, 0.25) is 0 Å². The van der Waals surface area contributed by atoms with E-state index in [1.165, 1.54) is 19.3 Å². The highest BCUT2D eigenvalue weighted by molar-refractivity contribution is 4.85. The van der Waals surface area contributed by atoms with Crippen molar-refractivity contribution < 1.29 is 8.78 Å². The maximum Gasteiger partial charge on any atom is 0.250 e. The molecule has 2 unspecified atom stereocenters. The van der Waals surface area contributed by atoms with Crippen LogP contribution < -0.4 is 10.6 Å². The van der Waals surface area contributed by atoms with Gasteiger partial charge in [0.25, 0.3) is 6.43 Å². The highest BCUT2D eigenvalue weighted by atomic mass is 19.3. The Morgan fingerprint density at radius 3 is 2.67 bits per heavy atom. The second kappa shape index (κ2) is 5.21. The first-order valence-corrected chi connectivity index (χ1v) is 5.96. The van der Waals surface area contributed by atoms with Gasteiger partial charge in [0, 0.05) is 12.6 Å². The van der Waals surface area contributed by atoms with Crippen molar-refractivity contribution in [3.63, 3.8) is 0 Å². The van der Waals surface area contributed by atoms with Gasteiger partial charge in [0.15, 0.2) is 0 Å². The highest BCUT2D eigenvalue weighted by Crippen LogP contribution is 2.36. The molecule has 1 saturated heterocycles. The molecule has 88 valence electrons. The van der Waals surface area contributed by atoms with Gasteiger partial charge in [0.1, 0.15) is 0 Å². The summed E-state index contributed by atoms with van der Waals surface area (Å²) in [7, 11) is 0. The van der Waals surface area contributed by atoms with Gasteiger partial charge < -0.3 is 10.6 Å². The fraction of sp³-hybridized carbons (Fsp3) is 1.00. The molecule has 2 nitrogen and oxygen atoms in total. The summed E-state index contributed by atoms with van der Waals surface area (Å²) in [5.41, 5.74) is 0. The summed E-state index contributed by atoms with van der Waals surface area (Å²) in [4.78, 5) is 0. The number of halogens is 2. The molecule has 0 aromatic carbocycles. The van der Waals surface area contributed by atoms with Crippen molar-refractivity contribution in [3.8, 4) is 0 Å². The molecule has 2 N–H and O–H groups in total. The van der Waals surface area contributed by atoms with Gasteiger partial charge in [-0.3, -0.25) is 0 Å². The van der Waals surface area contributed by atoms with Gasteiger partial charge >= 0.3 is 0 Å². The second-order valence-corrected chi connectivity index (χ2v) is 4.94. The van der Waals surface area contributed by atoms with Gasteiger partial charge in [-0.25, -0.2) is 8.78 Å². The van der Waals surface area contributed by atoms with E-state index in [0.717, 1.165) is 25.4 Å². The normalized spacial score (nSPS) is 32.2. The van der Waals surface area contributed by atoms with Gasteiger partial charge in [-0.2, -0.15) is 0 Å². The predicted molar refractivity (Wildman–Crippen MR) is 56.1 cm³/mol. The van der Waals surface area contributed by atoms with Crippen molar-refractivity contribution in [2.45, 2.75) is 38.2 Å². The Morgan fingerprint density at radius 1 is 1.20 bits per heavy atom. The lowest BCUT2D eigenvalue weighted by Gasteiger charge is -2.30. The monoisotopic (exact) mass is 218 g/mol. The van der Waals surface area contributed by atoms with Gasteiger partial charge in [-0.1, -0.05) is 12.8 Å². The number of nitrogens with one attached hydrogen (secondary N) is 2. The fourth-order valence-electron chi connectivity index (χ4n) is 2.45. The number of rotatable bonds is 5. The minimum absolute atomic E-state index is 0.164. The fourth-order valence-corrected chi connectivity index (χ4v) is 2.45. The zero-order valence-corrected chi connectivity index (χ0v) is 9.02. The van der Waals surface area contributed by atoms with Crippen LogP contribution in [0.25, 0.3) is 0 Å². The molecule has 15 heavy (non-hydrogen) atoms. The topological polar surface area (TPSA) is 24.1 Å². The summed E-state index contributed by atoms with van der Waals surface area (Å²) in [5, 5.41) is 6.27. The average molecular weight is 218 g/mol. The molecule has 0 aromatic rings. The van der Waals surface area contributed by atoms with Crippen molar-refractivity contribution in [1.29, 1.82) is 0 Å². The molecule has 2 rings (SSSR count). The van der Waals surface area contributed by atoms with Crippen LogP contribution in [0.1, 0.15) is 25.7 Å². The van der Waals surface area contributed by atoms with Crippen molar-refractivity contribution in [2.75, 3.05) is 19.6 Å². The molecule has 1 aliphatic heterocycles. The van der Waals surface area contributed by atoms with Crippen molar-refractivity contribution in [1.82, 2.24) is 10.6 Å². The zero-order chi connectivity index (χ0) is 10.7. The van der Waals surface area contributed by atoms with Crippen molar-refractivity contribution in [2.24, 2.45) is 11.8 Å². The lowest BCUT2D eigenvalue weighted by Crippen LogP contribution is -2.48. The van der Waals surface area contributed by atoms with Crippen LogP contribution in [-0.4, -0.2) is 32.1 Å². The van der Waals surface area contributed by atoms with E-state index in [4.69, 9.17) is 0 Å². The Hall–Kier alpha value is -0.220. The van der Waals surface area contributed by atoms with E-state index in [1.807, 2.05) is 0 Å². The molecule has 2 fully saturated rings. The average Bonchev–Trinajstić information content (AvgIpc) is 2.99. The summed E-state index contributed by atoms with van der Waals surface area (Å²) in [6.07, 6.45) is 2.89. The van der Waals surface area contributed by atoms with Crippen molar-refractivity contribution in [3.05, 3.63) is 0 Å². The Morgan fingerprint density at radius 2 is 2.00 bits per heavy atom. The first-order valence-electron chi connectivity index (χ1n) is 5.96. The molecule has 0 bridgehead atoms. The maximum atomic E-state index is 12.0. The SMILES string of the molecule is FC(F)CNC1CNCC(CC2CC2)C1. The molecule has 0 aromatic heterocycles. The molecule has 1 heterocycles. The molecule has 2 aliphatic rings. The zero-order valence-electron chi connectivity index (χ0n) is 9.02. The smallest absolute Gasteiger partial charge is 0.250 e. The Bertz CT molecular complexity index is 195. The lowest BCUT2D eigenvalue weighted by molar-refractivity contribution is 0.135. The molecule has 1 saturated carbocycles. The predicted octanol–water partition coefficient (Wildman–Crippen LogP) is 1.62. The third-order valence-electron chi connectivity index (χ3n) is 3.37. The number of hydrogen-bond donors (Lipinski definition) is 2. The standard InChI is InChI=1S/C11H20F2N2/c12-11(13)7-15-10-4-9(5-14-6-10)3-8-1-2-8/h8-11,14-15H,1-7H2. The van der Waals surface area contributed by atoms with E-state index in [1.54, 1.807) is 0 Å². The lowest BCUT2D eigenvalue weighted by atomic mass is 9.91. The minimum Gasteiger partial charge on any atom is -0.315 e. The summed E-state index contributed by atoms with van der Waals surface area (Å²) in [5.74, 6) is 1.63. The van der Waals surface area contributed by atoms with Crippen LogP contribution in [0.3, 0.4) is 0 Å². The van der Waals surface area contributed by atoms with Crippen LogP contribution in [-0.2, 0) is 0 Å².